The molecule has 0 aliphatic rings. The average molecular weight is 538 g/mol. The van der Waals surface area contributed by atoms with Gasteiger partial charge in [-0.2, -0.15) is 5.10 Å². The van der Waals surface area contributed by atoms with Gasteiger partial charge in [0.25, 0.3) is 0 Å². The molecule has 0 saturated heterocycles. The van der Waals surface area contributed by atoms with E-state index in [-0.39, 0.29) is 16.4 Å². The largest absolute Gasteiger partial charge is 0.495 e. The third kappa shape index (κ3) is 5.88. The van der Waals surface area contributed by atoms with Gasteiger partial charge < -0.3 is 19.5 Å². The fourth-order valence-corrected chi connectivity index (χ4v) is 4.67. The van der Waals surface area contributed by atoms with E-state index in [0.717, 1.165) is 10.1 Å². The van der Waals surface area contributed by atoms with Crippen LogP contribution in [0.5, 0.6) is 17.2 Å². The summed E-state index contributed by atoms with van der Waals surface area (Å²) in [6.45, 7) is 0. The normalized spacial score (nSPS) is 10.8. The van der Waals surface area contributed by atoms with Crippen molar-refractivity contribution in [3.63, 3.8) is 0 Å². The zero-order valence-corrected chi connectivity index (χ0v) is 21.2. The molecule has 0 unspecified atom stereocenters. The van der Waals surface area contributed by atoms with Crippen LogP contribution in [0.2, 0.25) is 5.02 Å². The van der Waals surface area contributed by atoms with Crippen molar-refractivity contribution in [1.82, 2.24) is 5.43 Å². The molecule has 3 aromatic carbocycles. The summed E-state index contributed by atoms with van der Waals surface area (Å²) in [5, 5.41) is 7.36. The molecule has 0 bridgehead atoms. The first kappa shape index (κ1) is 25.7. The van der Waals surface area contributed by atoms with Gasteiger partial charge in [-0.3, -0.25) is 9.59 Å². The topological polar surface area (TPSA) is 115 Å². The van der Waals surface area contributed by atoms with Crippen LogP contribution in [0.1, 0.15) is 15.2 Å². The number of benzene rings is 3. The Morgan fingerprint density at radius 3 is 2.38 bits per heavy atom. The van der Waals surface area contributed by atoms with Crippen molar-refractivity contribution in [2.75, 3.05) is 19.5 Å². The third-order valence-corrected chi connectivity index (χ3v) is 6.71. The van der Waals surface area contributed by atoms with E-state index >= 15 is 0 Å². The Kier molecular flexibility index (Phi) is 8.02. The van der Waals surface area contributed by atoms with Crippen molar-refractivity contribution in [3.8, 4) is 17.2 Å². The van der Waals surface area contributed by atoms with Gasteiger partial charge in [-0.15, -0.1) is 11.3 Å². The number of anilines is 1. The minimum absolute atomic E-state index is 0.179. The zero-order chi connectivity index (χ0) is 26.4. The Labute approximate surface area is 220 Å². The van der Waals surface area contributed by atoms with Crippen LogP contribution in [0.15, 0.2) is 71.8 Å². The molecule has 1 aromatic heterocycles. The van der Waals surface area contributed by atoms with Gasteiger partial charge in [0.2, 0.25) is 0 Å². The number of methoxy groups -OCH3 is 2. The first-order chi connectivity index (χ1) is 17.9. The molecule has 2 N–H and O–H groups in total. The SMILES string of the molecule is COc1ccccc1NC(=O)C(=O)N/N=C/c1ccc(OC(=O)c2sc3ccccc3c2Cl)c(OC)c1. The summed E-state index contributed by atoms with van der Waals surface area (Å²) < 4.78 is 16.9. The number of amides is 2. The molecule has 0 fully saturated rings. The fraction of sp³-hybridized carbons (Fsp3) is 0.0769. The number of nitrogens with zero attached hydrogens (tertiary/aromatic N) is 1. The number of para-hydroxylation sites is 2. The maximum atomic E-state index is 12.8. The highest BCUT2D eigenvalue weighted by Crippen LogP contribution is 2.37. The van der Waals surface area contributed by atoms with Gasteiger partial charge in [-0.1, -0.05) is 41.9 Å². The lowest BCUT2D eigenvalue weighted by molar-refractivity contribution is -0.136. The van der Waals surface area contributed by atoms with Crippen LogP contribution in [0, 0.1) is 0 Å². The summed E-state index contributed by atoms with van der Waals surface area (Å²) in [6, 6.07) is 18.8. The first-order valence-electron chi connectivity index (χ1n) is 10.8. The molecule has 188 valence electrons. The summed E-state index contributed by atoms with van der Waals surface area (Å²) in [7, 11) is 2.87. The maximum Gasteiger partial charge on any atom is 0.355 e. The van der Waals surface area contributed by atoms with Crippen molar-refractivity contribution in [2.24, 2.45) is 5.10 Å². The standard InChI is InChI=1S/C26H20ClN3O6S/c1-34-18-9-5-4-8-17(18)29-24(31)25(32)30-28-14-15-11-12-19(20(13-15)35-2)36-26(33)23-22(27)16-7-3-6-10-21(16)37-23/h3-14H,1-2H3,(H,29,31)(H,30,32)/b28-14+. The minimum Gasteiger partial charge on any atom is -0.495 e. The molecular formula is C26H20ClN3O6S. The van der Waals surface area contributed by atoms with E-state index in [1.54, 1.807) is 36.4 Å². The highest BCUT2D eigenvalue weighted by atomic mass is 35.5. The Bertz CT molecular complexity index is 1520. The lowest BCUT2D eigenvalue weighted by Gasteiger charge is -2.09. The molecule has 0 radical (unpaired) electrons. The average Bonchev–Trinajstić information content (AvgIpc) is 3.26. The number of carbonyl (C=O) groups is 3. The molecular weight excluding hydrogens is 518 g/mol. The molecule has 9 nitrogen and oxygen atoms in total. The van der Waals surface area contributed by atoms with Gasteiger partial charge in [0.05, 0.1) is 31.1 Å². The predicted octanol–water partition coefficient (Wildman–Crippen LogP) is 4.88. The van der Waals surface area contributed by atoms with Crippen LogP contribution in [-0.4, -0.2) is 38.2 Å². The third-order valence-electron chi connectivity index (χ3n) is 5.05. The summed E-state index contributed by atoms with van der Waals surface area (Å²) in [4.78, 5) is 37.3. The molecule has 0 aliphatic heterocycles. The van der Waals surface area contributed by atoms with Gasteiger partial charge in [0.15, 0.2) is 11.5 Å². The second-order valence-corrected chi connectivity index (χ2v) is 8.82. The molecule has 4 rings (SSSR count). The number of carbonyl (C=O) groups excluding carboxylic acids is 3. The lowest BCUT2D eigenvalue weighted by atomic mass is 10.2. The Morgan fingerprint density at radius 1 is 0.892 bits per heavy atom. The second kappa shape index (κ2) is 11.5. The molecule has 0 spiro atoms. The summed E-state index contributed by atoms with van der Waals surface area (Å²) in [5.74, 6) is -1.65. The number of nitrogens with one attached hydrogen (secondary N) is 2. The van der Waals surface area contributed by atoms with Crippen LogP contribution in [-0.2, 0) is 9.59 Å². The Morgan fingerprint density at radius 2 is 1.62 bits per heavy atom. The van der Waals surface area contributed by atoms with E-state index in [1.807, 2.05) is 24.3 Å². The molecule has 11 heteroatoms. The van der Waals surface area contributed by atoms with Crippen molar-refractivity contribution in [1.29, 1.82) is 0 Å². The molecule has 0 aliphatic carbocycles. The van der Waals surface area contributed by atoms with Gasteiger partial charge in [-0.05, 0) is 42.0 Å². The minimum atomic E-state index is -0.972. The first-order valence-corrected chi connectivity index (χ1v) is 12.0. The number of rotatable bonds is 7. The monoisotopic (exact) mass is 537 g/mol. The molecule has 0 saturated carbocycles. The van der Waals surface area contributed by atoms with Crippen LogP contribution < -0.4 is 25.0 Å². The van der Waals surface area contributed by atoms with Crippen molar-refractivity contribution in [3.05, 3.63) is 82.2 Å². The van der Waals surface area contributed by atoms with Gasteiger partial charge in [-0.25, -0.2) is 10.2 Å². The zero-order valence-electron chi connectivity index (χ0n) is 19.6. The van der Waals surface area contributed by atoms with Crippen LogP contribution in [0.4, 0.5) is 5.69 Å². The predicted molar refractivity (Wildman–Crippen MR) is 142 cm³/mol. The van der Waals surface area contributed by atoms with E-state index in [9.17, 15) is 14.4 Å². The van der Waals surface area contributed by atoms with Crippen molar-refractivity contribution in [2.45, 2.75) is 0 Å². The van der Waals surface area contributed by atoms with Crippen molar-refractivity contribution >= 4 is 62.7 Å². The van der Waals surface area contributed by atoms with Gasteiger partial charge >= 0.3 is 17.8 Å². The van der Waals surface area contributed by atoms with Crippen LogP contribution in [0.3, 0.4) is 0 Å². The number of hydrogen-bond donors (Lipinski definition) is 2. The Hall–Kier alpha value is -4.41. The molecule has 0 atom stereocenters. The number of ether oxygens (including phenoxy) is 3. The second-order valence-electron chi connectivity index (χ2n) is 7.39. The van der Waals surface area contributed by atoms with Crippen LogP contribution in [0.25, 0.3) is 10.1 Å². The summed E-state index contributed by atoms with van der Waals surface area (Å²) in [6.07, 6.45) is 1.31. The summed E-state index contributed by atoms with van der Waals surface area (Å²) >= 11 is 7.61. The number of esters is 1. The van der Waals surface area contributed by atoms with E-state index < -0.39 is 17.8 Å². The van der Waals surface area contributed by atoms with Crippen LogP contribution >= 0.6 is 22.9 Å². The number of thiophene rings is 1. The van der Waals surface area contributed by atoms with E-state index in [2.05, 4.69) is 15.8 Å². The fourth-order valence-electron chi connectivity index (χ4n) is 3.28. The summed E-state index contributed by atoms with van der Waals surface area (Å²) in [5.41, 5.74) is 3.02. The number of hydrazone groups is 1. The molecule has 1 heterocycles. The van der Waals surface area contributed by atoms with Gasteiger partial charge in [0, 0.05) is 10.1 Å². The van der Waals surface area contributed by atoms with E-state index in [1.165, 1.54) is 37.8 Å². The molecule has 37 heavy (non-hydrogen) atoms. The highest BCUT2D eigenvalue weighted by Gasteiger charge is 2.20. The van der Waals surface area contributed by atoms with E-state index in [4.69, 9.17) is 25.8 Å². The number of fused-ring (bicyclic) bond motifs is 1. The van der Waals surface area contributed by atoms with Gasteiger partial charge in [0.1, 0.15) is 10.6 Å². The maximum absolute atomic E-state index is 12.8. The van der Waals surface area contributed by atoms with Crippen molar-refractivity contribution < 1.29 is 28.6 Å². The van der Waals surface area contributed by atoms with E-state index in [0.29, 0.717) is 22.0 Å². The lowest BCUT2D eigenvalue weighted by Crippen LogP contribution is -2.32. The number of hydrogen-bond acceptors (Lipinski definition) is 8. The number of halogens is 1. The Balaban J connectivity index is 1.40. The molecule has 2 amide bonds. The smallest absolute Gasteiger partial charge is 0.355 e. The highest BCUT2D eigenvalue weighted by molar-refractivity contribution is 7.21. The quantitative estimate of drug-likeness (QED) is 0.114. The molecule has 4 aromatic rings.